The zero-order valence-corrected chi connectivity index (χ0v) is 14.3. The van der Waals surface area contributed by atoms with Crippen LogP contribution in [0.3, 0.4) is 0 Å². The van der Waals surface area contributed by atoms with Crippen molar-refractivity contribution in [2.24, 2.45) is 0 Å². The molecule has 24 heavy (non-hydrogen) atoms. The van der Waals surface area contributed by atoms with E-state index < -0.39 is 21.2 Å². The molecule has 0 atom stereocenters. The third-order valence-corrected chi connectivity index (χ3v) is 3.75. The fraction of sp³-hybridized carbons (Fsp3) is 0.0714. The Morgan fingerprint density at radius 2 is 1.79 bits per heavy atom. The van der Waals surface area contributed by atoms with Crippen molar-refractivity contribution >= 4 is 40.3 Å². The molecule has 0 fully saturated rings. The number of rotatable bonds is 6. The molecule has 2 aromatic carbocycles. The average molecular weight is 444 g/mol. The lowest BCUT2D eigenvalue weighted by molar-refractivity contribution is -0.394. The highest BCUT2D eigenvalue weighted by atomic mass is 127. The lowest BCUT2D eigenvalue weighted by atomic mass is 10.2. The molecule has 0 saturated heterocycles. The molecule has 0 spiro atoms. The number of hydrogen-bond acceptors (Lipinski definition) is 7. The first kappa shape index (κ1) is 17.6. The molecular formula is C14H9IN2O7. The number of nitrogens with zero attached hydrogens (tertiary/aromatic N) is 2. The summed E-state index contributed by atoms with van der Waals surface area (Å²) in [4.78, 5) is 31.3. The van der Waals surface area contributed by atoms with Crippen LogP contribution in [0.1, 0.15) is 10.4 Å². The van der Waals surface area contributed by atoms with E-state index in [2.05, 4.69) is 0 Å². The number of benzene rings is 2. The van der Waals surface area contributed by atoms with Gasteiger partial charge in [0, 0.05) is 11.6 Å². The minimum absolute atomic E-state index is 0.167. The highest BCUT2D eigenvalue weighted by molar-refractivity contribution is 14.1. The van der Waals surface area contributed by atoms with E-state index in [0.717, 1.165) is 18.2 Å². The maximum atomic E-state index is 11.2. The number of non-ortho nitro benzene ring substituents is 1. The van der Waals surface area contributed by atoms with Gasteiger partial charge in [0.25, 0.3) is 5.69 Å². The minimum atomic E-state index is -0.776. The summed E-state index contributed by atoms with van der Waals surface area (Å²) in [7, 11) is 1.36. The number of carbonyl (C=O) groups is 1. The van der Waals surface area contributed by atoms with Gasteiger partial charge in [-0.1, -0.05) is 0 Å². The predicted molar refractivity (Wildman–Crippen MR) is 90.9 cm³/mol. The Bertz CT molecular complexity index is 838. The predicted octanol–water partition coefficient (Wildman–Crippen LogP) is 3.72. The van der Waals surface area contributed by atoms with Crippen LogP contribution in [0, 0.1) is 23.8 Å². The Kier molecular flexibility index (Phi) is 5.28. The number of carbonyl (C=O) groups excluding carboxylic acids is 1. The topological polar surface area (TPSA) is 122 Å². The van der Waals surface area contributed by atoms with Crippen molar-refractivity contribution in [3.63, 3.8) is 0 Å². The fourth-order valence-electron chi connectivity index (χ4n) is 1.87. The van der Waals surface area contributed by atoms with Gasteiger partial charge in [0.1, 0.15) is 6.29 Å². The summed E-state index contributed by atoms with van der Waals surface area (Å²) in [6, 6.07) is 5.99. The van der Waals surface area contributed by atoms with Crippen molar-refractivity contribution < 1.29 is 24.1 Å². The van der Waals surface area contributed by atoms with E-state index in [1.807, 2.05) is 22.6 Å². The number of ether oxygens (including phenoxy) is 2. The molecule has 0 heterocycles. The second kappa shape index (κ2) is 7.21. The second-order valence-electron chi connectivity index (χ2n) is 4.42. The maximum absolute atomic E-state index is 11.2. The Labute approximate surface area is 148 Å². The zero-order chi connectivity index (χ0) is 17.9. The van der Waals surface area contributed by atoms with Crippen molar-refractivity contribution in [3.05, 3.63) is 59.7 Å². The second-order valence-corrected chi connectivity index (χ2v) is 5.58. The van der Waals surface area contributed by atoms with Gasteiger partial charge in [0.2, 0.25) is 5.75 Å². The van der Waals surface area contributed by atoms with Crippen molar-refractivity contribution in [3.8, 4) is 17.2 Å². The highest BCUT2D eigenvalue weighted by Gasteiger charge is 2.23. The van der Waals surface area contributed by atoms with Gasteiger partial charge in [-0.05, 0) is 40.8 Å². The van der Waals surface area contributed by atoms with Gasteiger partial charge in [-0.2, -0.15) is 0 Å². The first-order chi connectivity index (χ1) is 11.4. The molecule has 0 bridgehead atoms. The molecule has 2 rings (SSSR count). The first-order valence-electron chi connectivity index (χ1n) is 6.30. The monoisotopic (exact) mass is 444 g/mol. The SMILES string of the molecule is COc1cc(C=O)cc(I)c1Oc1ccc([N+](=O)[O-])cc1[N+](=O)[O-]. The molecule has 0 unspecified atom stereocenters. The Balaban J connectivity index is 2.54. The van der Waals surface area contributed by atoms with Gasteiger partial charge in [-0.25, -0.2) is 0 Å². The smallest absolute Gasteiger partial charge is 0.318 e. The normalized spacial score (nSPS) is 10.1. The van der Waals surface area contributed by atoms with Crippen LogP contribution in [0.15, 0.2) is 30.3 Å². The summed E-state index contributed by atoms with van der Waals surface area (Å²) < 4.78 is 11.2. The van der Waals surface area contributed by atoms with E-state index in [1.165, 1.54) is 19.2 Å². The largest absolute Gasteiger partial charge is 0.493 e. The molecule has 0 saturated carbocycles. The Hall–Kier alpha value is -2.76. The van der Waals surface area contributed by atoms with Crippen LogP contribution in [-0.4, -0.2) is 23.2 Å². The van der Waals surface area contributed by atoms with Gasteiger partial charge >= 0.3 is 5.69 Å². The number of nitro groups is 2. The van der Waals surface area contributed by atoms with Crippen molar-refractivity contribution in [2.45, 2.75) is 0 Å². The molecule has 0 aromatic heterocycles. The van der Waals surface area contributed by atoms with Crippen LogP contribution < -0.4 is 9.47 Å². The molecular weight excluding hydrogens is 435 g/mol. The number of hydrogen-bond donors (Lipinski definition) is 0. The van der Waals surface area contributed by atoms with E-state index in [9.17, 15) is 25.0 Å². The van der Waals surface area contributed by atoms with Crippen LogP contribution in [0.25, 0.3) is 0 Å². The molecule has 124 valence electrons. The third kappa shape index (κ3) is 3.59. The van der Waals surface area contributed by atoms with Gasteiger partial charge < -0.3 is 9.47 Å². The summed E-state index contributed by atoms with van der Waals surface area (Å²) in [5, 5.41) is 21.9. The van der Waals surface area contributed by atoms with Gasteiger partial charge in [-0.15, -0.1) is 0 Å². The Morgan fingerprint density at radius 3 is 2.33 bits per heavy atom. The molecule has 0 amide bonds. The minimum Gasteiger partial charge on any atom is -0.493 e. The first-order valence-corrected chi connectivity index (χ1v) is 7.38. The van der Waals surface area contributed by atoms with Crippen LogP contribution in [-0.2, 0) is 0 Å². The van der Waals surface area contributed by atoms with E-state index in [0.29, 0.717) is 15.4 Å². The van der Waals surface area contributed by atoms with E-state index >= 15 is 0 Å². The van der Waals surface area contributed by atoms with Crippen molar-refractivity contribution in [1.82, 2.24) is 0 Å². The maximum Gasteiger partial charge on any atom is 0.318 e. The summed E-state index contributed by atoms with van der Waals surface area (Å²) in [5.74, 6) is 0.193. The number of halogens is 1. The molecule has 0 aliphatic carbocycles. The van der Waals surface area contributed by atoms with Crippen LogP contribution in [0.2, 0.25) is 0 Å². The van der Waals surface area contributed by atoms with Crippen molar-refractivity contribution in [1.29, 1.82) is 0 Å². The summed E-state index contributed by atoms with van der Waals surface area (Å²) in [5.41, 5.74) is -0.629. The lowest BCUT2D eigenvalue weighted by Gasteiger charge is -2.13. The van der Waals surface area contributed by atoms with E-state index in [1.54, 1.807) is 0 Å². The number of methoxy groups -OCH3 is 1. The molecule has 0 N–H and O–H groups in total. The summed E-state index contributed by atoms with van der Waals surface area (Å²) in [6.45, 7) is 0. The lowest BCUT2D eigenvalue weighted by Crippen LogP contribution is -1.99. The van der Waals surface area contributed by atoms with Crippen molar-refractivity contribution in [2.75, 3.05) is 7.11 Å². The van der Waals surface area contributed by atoms with E-state index in [4.69, 9.17) is 9.47 Å². The standard InChI is InChI=1S/C14H9IN2O7/c1-23-13-5-8(7-18)4-10(15)14(13)24-12-3-2-9(16(19)20)6-11(12)17(21)22/h2-7H,1H3. The average Bonchev–Trinajstić information content (AvgIpc) is 2.56. The third-order valence-electron chi connectivity index (χ3n) is 2.95. The molecule has 0 aliphatic rings. The quantitative estimate of drug-likeness (QED) is 0.288. The zero-order valence-electron chi connectivity index (χ0n) is 12.1. The van der Waals surface area contributed by atoms with Crippen LogP contribution in [0.5, 0.6) is 17.2 Å². The number of aldehydes is 1. The summed E-state index contributed by atoms with van der Waals surface area (Å²) in [6.07, 6.45) is 0.628. The fourth-order valence-corrected chi connectivity index (χ4v) is 2.60. The molecule has 0 aliphatic heterocycles. The number of nitro benzene ring substituents is 2. The van der Waals surface area contributed by atoms with Crippen LogP contribution in [0.4, 0.5) is 11.4 Å². The van der Waals surface area contributed by atoms with Crippen LogP contribution >= 0.6 is 22.6 Å². The van der Waals surface area contributed by atoms with Gasteiger partial charge in [-0.3, -0.25) is 25.0 Å². The molecule has 10 heteroatoms. The highest BCUT2D eigenvalue weighted by Crippen LogP contribution is 2.40. The van der Waals surface area contributed by atoms with E-state index in [-0.39, 0.29) is 17.2 Å². The van der Waals surface area contributed by atoms with Gasteiger partial charge in [0.05, 0.1) is 26.6 Å². The molecule has 2 aromatic rings. The molecule has 0 radical (unpaired) electrons. The van der Waals surface area contributed by atoms with Gasteiger partial charge in [0.15, 0.2) is 11.5 Å². The Morgan fingerprint density at radius 1 is 1.08 bits per heavy atom. The molecule has 9 nitrogen and oxygen atoms in total. The summed E-state index contributed by atoms with van der Waals surface area (Å²) >= 11 is 1.89.